The Hall–Kier alpha value is -2.32. The highest BCUT2D eigenvalue weighted by Crippen LogP contribution is 2.18. The van der Waals surface area contributed by atoms with Crippen molar-refractivity contribution < 1.29 is 23.8 Å². The number of carbonyl (C=O) groups is 1. The molecule has 2 N–H and O–H groups in total. The topological polar surface area (TPSA) is 98.8 Å². The summed E-state index contributed by atoms with van der Waals surface area (Å²) in [6, 6.07) is 1.36. The van der Waals surface area contributed by atoms with Crippen LogP contribution in [0.5, 0.6) is 5.75 Å². The van der Waals surface area contributed by atoms with Crippen LogP contribution in [0.4, 0.5) is 0 Å². The van der Waals surface area contributed by atoms with Gasteiger partial charge in [-0.05, 0) is 13.0 Å². The number of nitrogens with one attached hydrogen (secondary N) is 1. The Kier molecular flexibility index (Phi) is 4.35. The minimum absolute atomic E-state index is 0.195. The Bertz CT molecular complexity index is 693. The molecule has 0 aliphatic carbocycles. The lowest BCUT2D eigenvalue weighted by atomic mass is 10.2. The first kappa shape index (κ1) is 15.6. The van der Waals surface area contributed by atoms with Crippen molar-refractivity contribution in [1.29, 1.82) is 0 Å². The molecule has 0 bridgehead atoms. The lowest BCUT2D eigenvalue weighted by Gasteiger charge is -2.19. The van der Waals surface area contributed by atoms with Crippen molar-refractivity contribution in [2.24, 2.45) is 7.05 Å². The molecule has 2 atom stereocenters. The molecular formula is C15H19N3O5. The number of ether oxygens (including phenoxy) is 2. The highest BCUT2D eigenvalue weighted by molar-refractivity contribution is 5.93. The standard InChI is InChI=1S/C15H19N3O5/c1-9-3-10(6-19)23-14(9)15(20)17-12-7-21-8-13(12)22-11-4-16-18(2)5-11/h3-5,12-13,19H,6-8H2,1-2H3,(H,17,20)/t12-,13+/m0/s1. The van der Waals surface area contributed by atoms with Gasteiger partial charge in [0, 0.05) is 12.6 Å². The number of aryl methyl sites for hydroxylation is 2. The number of aromatic nitrogens is 2. The number of hydrogen-bond acceptors (Lipinski definition) is 6. The van der Waals surface area contributed by atoms with Gasteiger partial charge in [0.15, 0.2) is 11.5 Å². The maximum absolute atomic E-state index is 12.3. The molecular weight excluding hydrogens is 302 g/mol. The molecule has 23 heavy (non-hydrogen) atoms. The molecule has 0 aromatic carbocycles. The van der Waals surface area contributed by atoms with Crippen molar-refractivity contribution in [1.82, 2.24) is 15.1 Å². The summed E-state index contributed by atoms with van der Waals surface area (Å²) in [7, 11) is 1.80. The van der Waals surface area contributed by atoms with E-state index in [-0.39, 0.29) is 30.4 Å². The van der Waals surface area contributed by atoms with Crippen LogP contribution in [0.25, 0.3) is 0 Å². The number of rotatable bonds is 5. The third-order valence-corrected chi connectivity index (χ3v) is 3.64. The molecule has 1 fully saturated rings. The number of nitrogens with zero attached hydrogens (tertiary/aromatic N) is 2. The van der Waals surface area contributed by atoms with Gasteiger partial charge in [-0.1, -0.05) is 0 Å². The second-order valence-corrected chi connectivity index (χ2v) is 5.51. The van der Waals surface area contributed by atoms with E-state index in [9.17, 15) is 4.79 Å². The zero-order valence-corrected chi connectivity index (χ0v) is 13.0. The maximum Gasteiger partial charge on any atom is 0.287 e. The molecule has 0 unspecified atom stereocenters. The molecule has 3 rings (SSSR count). The summed E-state index contributed by atoms with van der Waals surface area (Å²) in [4.78, 5) is 12.3. The largest absolute Gasteiger partial charge is 0.482 e. The quantitative estimate of drug-likeness (QED) is 0.826. The fraction of sp³-hybridized carbons (Fsp3) is 0.467. The van der Waals surface area contributed by atoms with Gasteiger partial charge in [0.2, 0.25) is 0 Å². The second-order valence-electron chi connectivity index (χ2n) is 5.51. The van der Waals surface area contributed by atoms with Crippen LogP contribution in [0.15, 0.2) is 22.9 Å². The lowest BCUT2D eigenvalue weighted by Crippen LogP contribution is -2.45. The Balaban J connectivity index is 1.65. The van der Waals surface area contributed by atoms with Gasteiger partial charge in [-0.2, -0.15) is 5.10 Å². The summed E-state index contributed by atoms with van der Waals surface area (Å²) in [5.41, 5.74) is 0.676. The molecule has 3 heterocycles. The molecule has 0 radical (unpaired) electrons. The van der Waals surface area contributed by atoms with Crippen molar-refractivity contribution in [2.75, 3.05) is 13.2 Å². The summed E-state index contributed by atoms with van der Waals surface area (Å²) < 4.78 is 18.2. The molecule has 2 aromatic rings. The number of aliphatic hydroxyl groups excluding tert-OH is 1. The van der Waals surface area contributed by atoms with E-state index in [4.69, 9.17) is 19.0 Å². The first-order valence-electron chi connectivity index (χ1n) is 7.31. The predicted molar refractivity (Wildman–Crippen MR) is 79.1 cm³/mol. The highest BCUT2D eigenvalue weighted by Gasteiger charge is 2.33. The average molecular weight is 321 g/mol. The Morgan fingerprint density at radius 2 is 2.39 bits per heavy atom. The van der Waals surface area contributed by atoms with E-state index in [1.165, 1.54) is 0 Å². The molecule has 0 saturated carbocycles. The number of aliphatic hydroxyl groups is 1. The van der Waals surface area contributed by atoms with Crippen LogP contribution in [-0.4, -0.2) is 46.2 Å². The first-order valence-corrected chi connectivity index (χ1v) is 7.31. The van der Waals surface area contributed by atoms with Crippen LogP contribution in [0.2, 0.25) is 0 Å². The third kappa shape index (κ3) is 3.38. The van der Waals surface area contributed by atoms with Gasteiger partial charge in [-0.15, -0.1) is 0 Å². The van der Waals surface area contributed by atoms with Gasteiger partial charge in [-0.25, -0.2) is 0 Å². The zero-order chi connectivity index (χ0) is 16.4. The molecule has 1 aliphatic heterocycles. The van der Waals surface area contributed by atoms with Gasteiger partial charge in [0.05, 0.1) is 31.6 Å². The van der Waals surface area contributed by atoms with E-state index in [0.29, 0.717) is 30.3 Å². The monoisotopic (exact) mass is 321 g/mol. The Morgan fingerprint density at radius 1 is 1.57 bits per heavy atom. The summed E-state index contributed by atoms with van der Waals surface area (Å²) in [6.07, 6.45) is 3.07. The van der Waals surface area contributed by atoms with E-state index >= 15 is 0 Å². The Morgan fingerprint density at radius 3 is 3.04 bits per heavy atom. The molecule has 1 saturated heterocycles. The summed E-state index contributed by atoms with van der Waals surface area (Å²) in [5.74, 6) is 0.830. The van der Waals surface area contributed by atoms with Crippen molar-refractivity contribution in [3.05, 3.63) is 35.5 Å². The predicted octanol–water partition coefficient (Wildman–Crippen LogP) is 0.390. The fourth-order valence-corrected chi connectivity index (χ4v) is 2.51. The normalized spacial score (nSPS) is 20.7. The molecule has 1 aliphatic rings. The molecule has 0 spiro atoms. The minimum Gasteiger partial charge on any atom is -0.482 e. The van der Waals surface area contributed by atoms with E-state index in [2.05, 4.69) is 10.4 Å². The van der Waals surface area contributed by atoms with E-state index in [0.717, 1.165) is 0 Å². The number of carbonyl (C=O) groups excluding carboxylic acids is 1. The van der Waals surface area contributed by atoms with Crippen LogP contribution < -0.4 is 10.1 Å². The van der Waals surface area contributed by atoms with Crippen LogP contribution in [0, 0.1) is 6.92 Å². The van der Waals surface area contributed by atoms with Crippen molar-refractivity contribution in [3.8, 4) is 5.75 Å². The van der Waals surface area contributed by atoms with Crippen molar-refractivity contribution in [3.63, 3.8) is 0 Å². The molecule has 2 aromatic heterocycles. The van der Waals surface area contributed by atoms with Gasteiger partial charge >= 0.3 is 0 Å². The van der Waals surface area contributed by atoms with Crippen LogP contribution >= 0.6 is 0 Å². The number of amides is 1. The fourth-order valence-electron chi connectivity index (χ4n) is 2.51. The smallest absolute Gasteiger partial charge is 0.287 e. The van der Waals surface area contributed by atoms with Gasteiger partial charge in [-0.3, -0.25) is 9.48 Å². The van der Waals surface area contributed by atoms with Gasteiger partial charge in [0.1, 0.15) is 18.5 Å². The summed E-state index contributed by atoms with van der Waals surface area (Å²) >= 11 is 0. The third-order valence-electron chi connectivity index (χ3n) is 3.64. The van der Waals surface area contributed by atoms with Crippen LogP contribution in [0.3, 0.4) is 0 Å². The van der Waals surface area contributed by atoms with E-state index < -0.39 is 0 Å². The summed E-state index contributed by atoms with van der Waals surface area (Å²) in [6.45, 7) is 2.27. The van der Waals surface area contributed by atoms with Crippen LogP contribution in [-0.2, 0) is 18.4 Å². The van der Waals surface area contributed by atoms with Crippen molar-refractivity contribution >= 4 is 5.91 Å². The highest BCUT2D eigenvalue weighted by atomic mass is 16.5. The van der Waals surface area contributed by atoms with Gasteiger partial charge < -0.3 is 24.3 Å². The van der Waals surface area contributed by atoms with Gasteiger partial charge in [0.25, 0.3) is 5.91 Å². The molecule has 124 valence electrons. The van der Waals surface area contributed by atoms with Crippen molar-refractivity contribution in [2.45, 2.75) is 25.7 Å². The first-order chi connectivity index (χ1) is 11.1. The Labute approximate surface area is 133 Å². The summed E-state index contributed by atoms with van der Waals surface area (Å²) in [5, 5.41) is 16.0. The SMILES string of the molecule is Cc1cc(CO)oc1C(=O)N[C@H]1COC[C@H]1Oc1cnn(C)c1. The lowest BCUT2D eigenvalue weighted by molar-refractivity contribution is 0.0871. The molecule has 8 heteroatoms. The minimum atomic E-state index is -0.350. The average Bonchev–Trinajstić information content (AvgIpc) is 3.21. The van der Waals surface area contributed by atoms with E-state index in [1.54, 1.807) is 37.1 Å². The number of hydrogen-bond donors (Lipinski definition) is 2. The number of furan rings is 1. The second kappa shape index (κ2) is 6.43. The molecule has 8 nitrogen and oxygen atoms in total. The maximum atomic E-state index is 12.3. The molecule has 1 amide bonds. The van der Waals surface area contributed by atoms with Crippen LogP contribution in [0.1, 0.15) is 21.9 Å². The zero-order valence-electron chi connectivity index (χ0n) is 13.0. The van der Waals surface area contributed by atoms with E-state index in [1.807, 2.05) is 0 Å².